The molecule has 6 heterocycles. The Hall–Kier alpha value is -3.52. The van der Waals surface area contributed by atoms with E-state index in [0.29, 0.717) is 62.7 Å². The molecule has 7 rings (SSSR count). The lowest BCUT2D eigenvalue weighted by Crippen LogP contribution is -2.53. The van der Waals surface area contributed by atoms with E-state index < -0.39 is 11.7 Å². The standard InChI is InChI=1S/C34H43F3N8O2/c1-22-19-42(20-23(2)39-22)21-28-30(17-25-7-6-8-27(24(25)3)34(35,36)37)45-33(40-28)26(18-31(41-45)43-12-15-46-16-13-43)29-10-11-38-44(29)32-9-4-5-14-47-32/h6-8,10-11,18,22-23,32,39H,4-5,9,12-17,19-21H2,1-3H3. The first-order chi connectivity index (χ1) is 22.7. The van der Waals surface area contributed by atoms with Gasteiger partial charge in [-0.1, -0.05) is 12.1 Å². The molecule has 47 heavy (non-hydrogen) atoms. The number of ether oxygens (including phenoxy) is 2. The molecule has 0 spiro atoms. The fourth-order valence-corrected chi connectivity index (χ4v) is 7.35. The maximum atomic E-state index is 14.0. The van der Waals surface area contributed by atoms with Gasteiger partial charge in [0.25, 0.3) is 0 Å². The van der Waals surface area contributed by atoms with Crippen molar-refractivity contribution >= 4 is 11.5 Å². The van der Waals surface area contributed by atoms with E-state index in [1.807, 2.05) is 15.3 Å². The van der Waals surface area contributed by atoms with E-state index >= 15 is 0 Å². The van der Waals surface area contributed by atoms with Crippen LogP contribution in [0.15, 0.2) is 36.5 Å². The number of nitrogens with one attached hydrogen (secondary N) is 1. The second-order valence-electron chi connectivity index (χ2n) is 13.2. The summed E-state index contributed by atoms with van der Waals surface area (Å²) in [5.41, 5.74) is 4.21. The first-order valence-corrected chi connectivity index (χ1v) is 16.7. The van der Waals surface area contributed by atoms with Crippen LogP contribution in [0.4, 0.5) is 19.0 Å². The highest BCUT2D eigenvalue weighted by atomic mass is 19.4. The predicted octanol–water partition coefficient (Wildman–Crippen LogP) is 5.23. The average Bonchev–Trinajstić information content (AvgIpc) is 3.67. The van der Waals surface area contributed by atoms with Crippen molar-refractivity contribution in [2.24, 2.45) is 0 Å². The molecule has 0 bridgehead atoms. The number of morpholine rings is 1. The average molecular weight is 653 g/mol. The highest BCUT2D eigenvalue weighted by Crippen LogP contribution is 2.36. The lowest BCUT2D eigenvalue weighted by atomic mass is 9.97. The molecule has 3 fully saturated rings. The molecule has 3 aliphatic heterocycles. The third-order valence-electron chi connectivity index (χ3n) is 9.57. The molecular weight excluding hydrogens is 609 g/mol. The van der Waals surface area contributed by atoms with Crippen molar-refractivity contribution in [3.63, 3.8) is 0 Å². The summed E-state index contributed by atoms with van der Waals surface area (Å²) in [7, 11) is 0. The van der Waals surface area contributed by atoms with Crippen LogP contribution in [-0.4, -0.2) is 87.4 Å². The fourth-order valence-electron chi connectivity index (χ4n) is 7.35. The Labute approximate surface area is 272 Å². The summed E-state index contributed by atoms with van der Waals surface area (Å²) in [6, 6.07) is 9.09. The van der Waals surface area contributed by atoms with Gasteiger partial charge in [0.2, 0.25) is 0 Å². The number of halogens is 3. The molecule has 0 aliphatic carbocycles. The molecule has 3 unspecified atom stereocenters. The summed E-state index contributed by atoms with van der Waals surface area (Å²) in [5, 5.41) is 13.4. The number of imidazole rings is 1. The number of nitrogens with zero attached hydrogens (tertiary/aromatic N) is 7. The van der Waals surface area contributed by atoms with Gasteiger partial charge in [-0.25, -0.2) is 14.2 Å². The summed E-state index contributed by atoms with van der Waals surface area (Å²) in [6.07, 6.45) is 0.379. The van der Waals surface area contributed by atoms with Crippen LogP contribution in [0.2, 0.25) is 0 Å². The van der Waals surface area contributed by atoms with Crippen LogP contribution in [0.1, 0.15) is 67.4 Å². The number of piperazine rings is 1. The van der Waals surface area contributed by atoms with Crippen LogP contribution >= 0.6 is 0 Å². The number of hydrogen-bond donors (Lipinski definition) is 1. The molecule has 3 saturated heterocycles. The first-order valence-electron chi connectivity index (χ1n) is 16.7. The predicted molar refractivity (Wildman–Crippen MR) is 172 cm³/mol. The molecule has 1 aromatic carbocycles. The number of anilines is 1. The molecule has 0 amide bonds. The van der Waals surface area contributed by atoms with Crippen molar-refractivity contribution in [1.82, 2.24) is 34.6 Å². The molecule has 13 heteroatoms. The molecule has 1 N–H and O–H groups in total. The molecule has 0 saturated carbocycles. The normalized spacial score (nSPS) is 23.1. The minimum absolute atomic E-state index is 0.181. The third-order valence-corrected chi connectivity index (χ3v) is 9.57. The zero-order chi connectivity index (χ0) is 32.7. The summed E-state index contributed by atoms with van der Waals surface area (Å²) in [5.74, 6) is 0.767. The zero-order valence-corrected chi connectivity index (χ0v) is 27.3. The van der Waals surface area contributed by atoms with Crippen LogP contribution in [0.25, 0.3) is 16.9 Å². The molecule has 3 atom stereocenters. The fraction of sp³-hybridized carbons (Fsp3) is 0.559. The number of benzene rings is 1. The topological polar surface area (TPSA) is 85.0 Å². The summed E-state index contributed by atoms with van der Waals surface area (Å²) >= 11 is 0. The number of fused-ring (bicyclic) bond motifs is 1. The van der Waals surface area contributed by atoms with Crippen molar-refractivity contribution in [2.75, 3.05) is 50.9 Å². The zero-order valence-electron chi connectivity index (χ0n) is 27.3. The highest BCUT2D eigenvalue weighted by molar-refractivity contribution is 5.78. The molecule has 10 nitrogen and oxygen atoms in total. The van der Waals surface area contributed by atoms with Crippen molar-refractivity contribution < 1.29 is 22.6 Å². The Kier molecular flexibility index (Phi) is 8.98. The second-order valence-corrected chi connectivity index (χ2v) is 13.2. The smallest absolute Gasteiger partial charge is 0.378 e. The maximum absolute atomic E-state index is 14.0. The van der Waals surface area contributed by atoms with E-state index in [4.69, 9.17) is 24.7 Å². The quantitative estimate of drug-likeness (QED) is 0.291. The Morgan fingerprint density at radius 3 is 2.53 bits per heavy atom. The number of aromatic nitrogens is 5. The molecule has 3 aliphatic rings. The number of hydrogen-bond acceptors (Lipinski definition) is 8. The Morgan fingerprint density at radius 1 is 1.02 bits per heavy atom. The van der Waals surface area contributed by atoms with Gasteiger partial charge < -0.3 is 19.7 Å². The highest BCUT2D eigenvalue weighted by Gasteiger charge is 2.34. The van der Waals surface area contributed by atoms with Crippen molar-refractivity contribution in [3.8, 4) is 11.3 Å². The summed E-state index contributed by atoms with van der Waals surface area (Å²) < 4.78 is 57.6. The molecule has 3 aromatic heterocycles. The van der Waals surface area contributed by atoms with E-state index in [1.54, 1.807) is 19.2 Å². The Morgan fingerprint density at radius 2 is 1.81 bits per heavy atom. The van der Waals surface area contributed by atoms with E-state index in [0.717, 1.165) is 66.9 Å². The van der Waals surface area contributed by atoms with Gasteiger partial charge in [-0.15, -0.1) is 5.10 Å². The van der Waals surface area contributed by atoms with Gasteiger partial charge in [0.05, 0.1) is 35.9 Å². The van der Waals surface area contributed by atoms with Crippen molar-refractivity contribution in [1.29, 1.82) is 0 Å². The minimum atomic E-state index is -4.44. The summed E-state index contributed by atoms with van der Waals surface area (Å²) in [6.45, 7) is 11.4. The SMILES string of the molecule is Cc1c(Cc2c(CN3CC(C)NC(C)C3)nc3c(-c4ccnn4C4CCCCO4)cc(N4CCOCC4)nn23)cccc1C(F)(F)F. The number of rotatable bonds is 7. The van der Waals surface area contributed by atoms with Gasteiger partial charge in [-0.05, 0) is 69.4 Å². The Bertz CT molecular complexity index is 1700. The van der Waals surface area contributed by atoms with Gasteiger partial charge in [-0.2, -0.15) is 18.3 Å². The van der Waals surface area contributed by atoms with Gasteiger partial charge >= 0.3 is 6.18 Å². The van der Waals surface area contributed by atoms with E-state index in [2.05, 4.69) is 35.0 Å². The van der Waals surface area contributed by atoms with Crippen LogP contribution in [0.3, 0.4) is 0 Å². The van der Waals surface area contributed by atoms with E-state index in [-0.39, 0.29) is 18.2 Å². The maximum Gasteiger partial charge on any atom is 0.416 e. The molecule has 0 radical (unpaired) electrons. The van der Waals surface area contributed by atoms with Crippen LogP contribution in [0.5, 0.6) is 0 Å². The van der Waals surface area contributed by atoms with E-state index in [9.17, 15) is 13.2 Å². The second kappa shape index (κ2) is 13.2. The van der Waals surface area contributed by atoms with Crippen LogP contribution < -0.4 is 10.2 Å². The largest absolute Gasteiger partial charge is 0.416 e. The van der Waals surface area contributed by atoms with Crippen LogP contribution in [-0.2, 0) is 28.6 Å². The monoisotopic (exact) mass is 652 g/mol. The number of alkyl halides is 3. The third kappa shape index (κ3) is 6.63. The lowest BCUT2D eigenvalue weighted by Gasteiger charge is -2.35. The van der Waals surface area contributed by atoms with Crippen LogP contribution in [0, 0.1) is 6.92 Å². The molecule has 4 aromatic rings. The van der Waals surface area contributed by atoms with Gasteiger partial charge in [0, 0.05) is 69.6 Å². The van der Waals surface area contributed by atoms with Gasteiger partial charge in [-0.3, -0.25) is 4.90 Å². The first kappa shape index (κ1) is 32.0. The molecular formula is C34H43F3N8O2. The summed E-state index contributed by atoms with van der Waals surface area (Å²) in [4.78, 5) is 9.84. The molecule has 252 valence electrons. The van der Waals surface area contributed by atoms with Gasteiger partial charge in [0.15, 0.2) is 17.7 Å². The van der Waals surface area contributed by atoms with Gasteiger partial charge in [0.1, 0.15) is 0 Å². The van der Waals surface area contributed by atoms with Crippen molar-refractivity contribution in [3.05, 3.63) is 64.6 Å². The Balaban J connectivity index is 1.41. The van der Waals surface area contributed by atoms with E-state index in [1.165, 1.54) is 6.07 Å². The minimum Gasteiger partial charge on any atom is -0.378 e. The van der Waals surface area contributed by atoms with Crippen molar-refractivity contribution in [2.45, 2.75) is 77.5 Å². The lowest BCUT2D eigenvalue weighted by molar-refractivity contribution is -0.138.